The van der Waals surface area contributed by atoms with Gasteiger partial charge in [0.1, 0.15) is 5.60 Å². The summed E-state index contributed by atoms with van der Waals surface area (Å²) in [7, 11) is 0. The Kier molecular flexibility index (Phi) is 6.40. The maximum atomic E-state index is 11.3. The van der Waals surface area contributed by atoms with Crippen molar-refractivity contribution >= 4 is 21.9 Å². The second kappa shape index (κ2) is 6.45. The van der Waals surface area contributed by atoms with Crippen LogP contribution in [0, 0.1) is 0 Å². The molecule has 0 bridgehead atoms. The summed E-state index contributed by atoms with van der Waals surface area (Å²) >= 11 is 3.08. The van der Waals surface area contributed by atoms with Gasteiger partial charge in [-0.15, -0.1) is 0 Å². The van der Waals surface area contributed by atoms with E-state index >= 15 is 0 Å². The topological polar surface area (TPSA) is 66.8 Å². The number of alkyl halides is 1. The monoisotopic (exact) mass is 282 g/mol. The summed E-state index contributed by atoms with van der Waals surface area (Å²) in [6, 6.07) is 0. The van der Waals surface area contributed by atoms with Gasteiger partial charge in [0, 0.05) is 11.8 Å². The molecule has 2 N–H and O–H groups in total. The number of carbonyl (C=O) groups excluding carboxylic acids is 1. The second-order valence-electron chi connectivity index (χ2n) is 4.49. The van der Waals surface area contributed by atoms with Gasteiger partial charge in [0.25, 0.3) is 0 Å². The van der Waals surface area contributed by atoms with Gasteiger partial charge < -0.3 is 14.9 Å². The molecule has 0 saturated carbocycles. The van der Waals surface area contributed by atoms with Crippen LogP contribution in [0.25, 0.3) is 0 Å². The summed E-state index contributed by atoms with van der Waals surface area (Å²) in [6.45, 7) is 5.31. The predicted molar refractivity (Wildman–Crippen MR) is 60.9 cm³/mol. The minimum absolute atomic E-state index is 0.0820. The SMILES string of the molecule is CC(C)(C)OC(=O)C[C@H](O)C[C@H](O)CBr. The van der Waals surface area contributed by atoms with Gasteiger partial charge in [-0.05, 0) is 20.8 Å². The van der Waals surface area contributed by atoms with Crippen LogP contribution in [0.3, 0.4) is 0 Å². The number of hydrogen-bond acceptors (Lipinski definition) is 4. The molecule has 90 valence electrons. The molecule has 5 heteroatoms. The molecule has 0 saturated heterocycles. The molecule has 0 amide bonds. The lowest BCUT2D eigenvalue weighted by molar-refractivity contribution is -0.157. The van der Waals surface area contributed by atoms with Crippen molar-refractivity contribution in [2.24, 2.45) is 0 Å². The van der Waals surface area contributed by atoms with Gasteiger partial charge in [-0.1, -0.05) is 15.9 Å². The Labute approximate surface area is 98.8 Å². The van der Waals surface area contributed by atoms with E-state index in [1.54, 1.807) is 20.8 Å². The van der Waals surface area contributed by atoms with Gasteiger partial charge in [-0.25, -0.2) is 0 Å². The minimum Gasteiger partial charge on any atom is -0.460 e. The van der Waals surface area contributed by atoms with E-state index in [1.807, 2.05) is 0 Å². The fraction of sp³-hybridized carbons (Fsp3) is 0.900. The molecule has 0 rings (SSSR count). The number of esters is 1. The van der Waals surface area contributed by atoms with Crippen molar-refractivity contribution < 1.29 is 19.7 Å². The van der Waals surface area contributed by atoms with Crippen LogP contribution in [0.15, 0.2) is 0 Å². The summed E-state index contributed by atoms with van der Waals surface area (Å²) in [4.78, 5) is 11.3. The number of hydrogen-bond donors (Lipinski definition) is 2. The van der Waals surface area contributed by atoms with E-state index in [4.69, 9.17) is 4.74 Å². The van der Waals surface area contributed by atoms with Gasteiger partial charge >= 0.3 is 5.97 Å². The van der Waals surface area contributed by atoms with Crippen molar-refractivity contribution in [3.8, 4) is 0 Å². The van der Waals surface area contributed by atoms with E-state index in [2.05, 4.69) is 15.9 Å². The number of halogens is 1. The minimum atomic E-state index is -0.854. The zero-order valence-electron chi connectivity index (χ0n) is 9.36. The molecular weight excluding hydrogens is 264 g/mol. The Morgan fingerprint density at radius 1 is 1.33 bits per heavy atom. The van der Waals surface area contributed by atoms with Crippen LogP contribution >= 0.6 is 15.9 Å². The number of aliphatic hydroxyl groups is 2. The van der Waals surface area contributed by atoms with Crippen LogP contribution in [0.5, 0.6) is 0 Å². The first kappa shape index (κ1) is 14.9. The molecule has 0 radical (unpaired) electrons. The summed E-state index contributed by atoms with van der Waals surface area (Å²) in [5.74, 6) is -0.447. The lowest BCUT2D eigenvalue weighted by Crippen LogP contribution is -2.28. The van der Waals surface area contributed by atoms with Crippen LogP contribution in [-0.4, -0.2) is 39.3 Å². The fourth-order valence-corrected chi connectivity index (χ4v) is 1.30. The summed E-state index contributed by atoms with van der Waals surface area (Å²) in [5, 5.41) is 19.0. The average Bonchev–Trinajstić information content (AvgIpc) is 1.99. The first-order valence-corrected chi connectivity index (χ1v) is 6.00. The van der Waals surface area contributed by atoms with Crippen LogP contribution in [0.2, 0.25) is 0 Å². The van der Waals surface area contributed by atoms with Crippen LogP contribution < -0.4 is 0 Å². The summed E-state index contributed by atoms with van der Waals surface area (Å²) in [5.41, 5.74) is -0.537. The van der Waals surface area contributed by atoms with E-state index in [-0.39, 0.29) is 12.8 Å². The average molecular weight is 283 g/mol. The molecule has 2 atom stereocenters. The highest BCUT2D eigenvalue weighted by molar-refractivity contribution is 9.09. The molecule has 0 spiro atoms. The van der Waals surface area contributed by atoms with Gasteiger partial charge in [0.2, 0.25) is 0 Å². The van der Waals surface area contributed by atoms with Gasteiger partial charge in [-0.3, -0.25) is 4.79 Å². The molecule has 0 aliphatic heterocycles. The molecule has 0 aromatic carbocycles. The maximum absolute atomic E-state index is 11.3. The molecule has 4 nitrogen and oxygen atoms in total. The highest BCUT2D eigenvalue weighted by Gasteiger charge is 2.20. The van der Waals surface area contributed by atoms with Gasteiger partial charge in [0.15, 0.2) is 0 Å². The highest BCUT2D eigenvalue weighted by Crippen LogP contribution is 2.11. The molecule has 0 fully saturated rings. The van der Waals surface area contributed by atoms with E-state index in [0.29, 0.717) is 5.33 Å². The van der Waals surface area contributed by atoms with Gasteiger partial charge in [-0.2, -0.15) is 0 Å². The molecule has 0 aliphatic rings. The number of rotatable bonds is 5. The molecule has 0 heterocycles. The van der Waals surface area contributed by atoms with Crippen molar-refractivity contribution in [3.05, 3.63) is 0 Å². The lowest BCUT2D eigenvalue weighted by atomic mass is 10.1. The number of ether oxygens (including phenoxy) is 1. The van der Waals surface area contributed by atoms with Crippen molar-refractivity contribution in [1.29, 1.82) is 0 Å². The Morgan fingerprint density at radius 2 is 1.87 bits per heavy atom. The Bertz CT molecular complexity index is 200. The van der Waals surface area contributed by atoms with Crippen molar-refractivity contribution in [1.82, 2.24) is 0 Å². The van der Waals surface area contributed by atoms with Crippen molar-refractivity contribution in [2.75, 3.05) is 5.33 Å². The summed E-state index contributed by atoms with van der Waals surface area (Å²) in [6.07, 6.45) is -1.40. The molecule has 0 aromatic rings. The maximum Gasteiger partial charge on any atom is 0.308 e. The molecular formula is C10H19BrO4. The van der Waals surface area contributed by atoms with Crippen LogP contribution in [0.4, 0.5) is 0 Å². The van der Waals surface area contributed by atoms with E-state index in [9.17, 15) is 15.0 Å². The van der Waals surface area contributed by atoms with Gasteiger partial charge in [0.05, 0.1) is 18.6 Å². The van der Waals surface area contributed by atoms with Crippen molar-refractivity contribution in [2.45, 2.75) is 51.4 Å². The van der Waals surface area contributed by atoms with E-state index < -0.39 is 23.8 Å². The molecule has 15 heavy (non-hydrogen) atoms. The first-order chi connectivity index (χ1) is 6.74. The third-order valence-electron chi connectivity index (χ3n) is 1.54. The van der Waals surface area contributed by atoms with Crippen LogP contribution in [-0.2, 0) is 9.53 Å². The predicted octanol–water partition coefficient (Wildman–Crippen LogP) is 1.23. The third-order valence-corrected chi connectivity index (χ3v) is 2.29. The van der Waals surface area contributed by atoms with E-state index in [0.717, 1.165) is 0 Å². The molecule has 0 unspecified atom stereocenters. The highest BCUT2D eigenvalue weighted by atomic mass is 79.9. The largest absolute Gasteiger partial charge is 0.460 e. The quantitative estimate of drug-likeness (QED) is 0.588. The Morgan fingerprint density at radius 3 is 2.27 bits per heavy atom. The fourth-order valence-electron chi connectivity index (χ4n) is 1.04. The molecule has 0 aromatic heterocycles. The second-order valence-corrected chi connectivity index (χ2v) is 5.14. The normalized spacial score (nSPS) is 15.9. The molecule has 0 aliphatic carbocycles. The smallest absolute Gasteiger partial charge is 0.308 e. The first-order valence-electron chi connectivity index (χ1n) is 4.88. The van der Waals surface area contributed by atoms with E-state index in [1.165, 1.54) is 0 Å². The lowest BCUT2D eigenvalue weighted by Gasteiger charge is -2.21. The third kappa shape index (κ3) is 8.84. The standard InChI is InChI=1S/C10H19BrO4/c1-10(2,3)15-9(14)5-7(12)4-8(13)6-11/h7-8,12-13H,4-6H2,1-3H3/t7-,8+/m1/s1. The Hall–Kier alpha value is -0.130. The zero-order valence-corrected chi connectivity index (χ0v) is 11.0. The van der Waals surface area contributed by atoms with Crippen LogP contribution in [0.1, 0.15) is 33.6 Å². The number of aliphatic hydroxyl groups excluding tert-OH is 2. The zero-order chi connectivity index (χ0) is 12.1. The van der Waals surface area contributed by atoms with Crippen molar-refractivity contribution in [3.63, 3.8) is 0 Å². The Balaban J connectivity index is 3.87. The number of carbonyl (C=O) groups is 1. The summed E-state index contributed by atoms with van der Waals surface area (Å²) < 4.78 is 5.03.